The Morgan fingerprint density at radius 2 is 1.89 bits per heavy atom. The number of aromatic hydroxyl groups is 1. The largest absolute Gasteiger partial charge is 0.507 e. The highest BCUT2D eigenvalue weighted by atomic mass is 16.6. The lowest BCUT2D eigenvalue weighted by Crippen LogP contribution is -2.25. The molecule has 3 N–H and O–H groups in total. The van der Waals surface area contributed by atoms with Gasteiger partial charge in [0.2, 0.25) is 0 Å². The summed E-state index contributed by atoms with van der Waals surface area (Å²) in [5.41, 5.74) is 3.05. The molecular formula is C19H16N4O4. The van der Waals surface area contributed by atoms with Crippen LogP contribution in [0.4, 0.5) is 11.4 Å². The van der Waals surface area contributed by atoms with Gasteiger partial charge in [0.05, 0.1) is 17.7 Å². The predicted molar refractivity (Wildman–Crippen MR) is 103 cm³/mol. The van der Waals surface area contributed by atoms with Gasteiger partial charge >= 0.3 is 0 Å². The van der Waals surface area contributed by atoms with Crippen molar-refractivity contribution in [2.45, 2.75) is 0 Å². The summed E-state index contributed by atoms with van der Waals surface area (Å²) in [6.45, 7) is -0.00337. The molecule has 0 unspecified atom stereocenters. The number of carbonyl (C=O) groups is 1. The Labute approximate surface area is 154 Å². The van der Waals surface area contributed by atoms with Gasteiger partial charge in [0.25, 0.3) is 11.6 Å². The van der Waals surface area contributed by atoms with Gasteiger partial charge in [-0.2, -0.15) is 5.10 Å². The summed E-state index contributed by atoms with van der Waals surface area (Å²) in [4.78, 5) is 22.0. The fourth-order valence-electron chi connectivity index (χ4n) is 2.45. The number of carbonyl (C=O) groups excluding carboxylic acids is 1. The molecule has 8 nitrogen and oxygen atoms in total. The molecule has 0 atom stereocenters. The Bertz CT molecular complexity index is 1030. The quantitative estimate of drug-likeness (QED) is 0.353. The number of phenols is 1. The predicted octanol–water partition coefficient (Wildman–Crippen LogP) is 3.02. The van der Waals surface area contributed by atoms with E-state index in [9.17, 15) is 20.0 Å². The smallest absolute Gasteiger partial charge is 0.270 e. The van der Waals surface area contributed by atoms with E-state index in [1.165, 1.54) is 12.1 Å². The molecule has 0 saturated carbocycles. The second kappa shape index (κ2) is 7.96. The molecule has 0 aliphatic heterocycles. The number of hydrogen-bond donors (Lipinski definition) is 3. The average molecular weight is 364 g/mol. The van der Waals surface area contributed by atoms with Crippen LogP contribution in [0, 0.1) is 10.1 Å². The maximum Gasteiger partial charge on any atom is 0.270 e. The molecule has 0 bridgehead atoms. The normalized spacial score (nSPS) is 10.8. The van der Waals surface area contributed by atoms with Gasteiger partial charge in [0.1, 0.15) is 5.75 Å². The number of nitro groups is 1. The van der Waals surface area contributed by atoms with E-state index in [1.807, 2.05) is 42.5 Å². The van der Waals surface area contributed by atoms with E-state index < -0.39 is 10.8 Å². The molecule has 0 aliphatic carbocycles. The van der Waals surface area contributed by atoms with E-state index >= 15 is 0 Å². The van der Waals surface area contributed by atoms with Gasteiger partial charge in [0.15, 0.2) is 0 Å². The Kier molecular flexibility index (Phi) is 5.27. The topological polar surface area (TPSA) is 117 Å². The molecule has 1 amide bonds. The lowest BCUT2D eigenvalue weighted by molar-refractivity contribution is -0.384. The SMILES string of the molecule is O=C(CNc1ccc2ccccc2c1)N/N=C\c1cc([N+](=O)[O-])ccc1O. The van der Waals surface area contributed by atoms with Crippen LogP contribution in [-0.2, 0) is 4.79 Å². The summed E-state index contributed by atoms with van der Waals surface area (Å²) in [7, 11) is 0. The number of nitrogens with zero attached hydrogens (tertiary/aromatic N) is 2. The fourth-order valence-corrected chi connectivity index (χ4v) is 2.45. The van der Waals surface area contributed by atoms with Crippen LogP contribution in [-0.4, -0.2) is 28.7 Å². The van der Waals surface area contributed by atoms with Crippen molar-refractivity contribution in [3.8, 4) is 5.75 Å². The van der Waals surface area contributed by atoms with Crippen LogP contribution in [0.25, 0.3) is 10.8 Å². The molecule has 0 saturated heterocycles. The van der Waals surface area contributed by atoms with Gasteiger partial charge in [-0.25, -0.2) is 5.43 Å². The van der Waals surface area contributed by atoms with Crippen molar-refractivity contribution in [3.63, 3.8) is 0 Å². The molecule has 3 aromatic carbocycles. The molecule has 3 rings (SSSR count). The highest BCUT2D eigenvalue weighted by molar-refractivity contribution is 5.88. The second-order valence-electron chi connectivity index (χ2n) is 5.71. The van der Waals surface area contributed by atoms with Crippen LogP contribution < -0.4 is 10.7 Å². The highest BCUT2D eigenvalue weighted by Crippen LogP contribution is 2.21. The molecule has 0 aromatic heterocycles. The molecule has 27 heavy (non-hydrogen) atoms. The second-order valence-corrected chi connectivity index (χ2v) is 5.71. The lowest BCUT2D eigenvalue weighted by atomic mass is 10.1. The number of benzene rings is 3. The number of nitrogens with one attached hydrogen (secondary N) is 2. The molecule has 0 radical (unpaired) electrons. The fraction of sp³-hybridized carbons (Fsp3) is 0.0526. The Morgan fingerprint density at radius 3 is 2.67 bits per heavy atom. The van der Waals surface area contributed by atoms with Crippen LogP contribution in [0.5, 0.6) is 5.75 Å². The van der Waals surface area contributed by atoms with Gasteiger partial charge in [-0.05, 0) is 29.0 Å². The van der Waals surface area contributed by atoms with Gasteiger partial charge in [0, 0.05) is 23.4 Å². The number of hydrogen-bond acceptors (Lipinski definition) is 6. The van der Waals surface area contributed by atoms with Crippen LogP contribution >= 0.6 is 0 Å². The number of phenolic OH excluding ortho intramolecular Hbond substituents is 1. The van der Waals surface area contributed by atoms with E-state index in [0.717, 1.165) is 28.7 Å². The van der Waals surface area contributed by atoms with Crippen molar-refractivity contribution in [2.24, 2.45) is 5.10 Å². The number of hydrazone groups is 1. The summed E-state index contributed by atoms with van der Waals surface area (Å²) in [5.74, 6) is -0.572. The van der Waals surface area contributed by atoms with Crippen molar-refractivity contribution in [1.29, 1.82) is 0 Å². The summed E-state index contributed by atoms with van der Waals surface area (Å²) >= 11 is 0. The third-order valence-corrected chi connectivity index (χ3v) is 3.82. The van der Waals surface area contributed by atoms with Crippen LogP contribution in [0.2, 0.25) is 0 Å². The molecule has 8 heteroatoms. The minimum atomic E-state index is -0.581. The minimum absolute atomic E-state index is 0.00337. The zero-order valence-electron chi connectivity index (χ0n) is 14.1. The third kappa shape index (κ3) is 4.57. The number of nitro benzene ring substituents is 1. The minimum Gasteiger partial charge on any atom is -0.507 e. The molecule has 0 fully saturated rings. The monoisotopic (exact) mass is 364 g/mol. The Balaban J connectivity index is 1.57. The van der Waals surface area contributed by atoms with Gasteiger partial charge in [-0.1, -0.05) is 30.3 Å². The van der Waals surface area contributed by atoms with E-state index in [4.69, 9.17) is 0 Å². The number of non-ortho nitro benzene ring substituents is 1. The molecule has 0 spiro atoms. The molecule has 3 aromatic rings. The van der Waals surface area contributed by atoms with Gasteiger partial charge in [-0.3, -0.25) is 14.9 Å². The molecule has 0 heterocycles. The van der Waals surface area contributed by atoms with Gasteiger partial charge < -0.3 is 10.4 Å². The summed E-state index contributed by atoms with van der Waals surface area (Å²) in [6, 6.07) is 17.2. The summed E-state index contributed by atoms with van der Waals surface area (Å²) in [6.07, 6.45) is 1.15. The Morgan fingerprint density at radius 1 is 1.11 bits per heavy atom. The average Bonchev–Trinajstić information content (AvgIpc) is 2.67. The van der Waals surface area contributed by atoms with Crippen molar-refractivity contribution < 1.29 is 14.8 Å². The molecule has 0 aliphatic rings. The first kappa shape index (κ1) is 17.9. The van der Waals surface area contributed by atoms with Gasteiger partial charge in [-0.15, -0.1) is 0 Å². The standard InChI is InChI=1S/C19H16N4O4/c24-18-8-7-17(23(26)27)10-15(18)11-21-22-19(25)12-20-16-6-5-13-3-1-2-4-14(13)9-16/h1-11,20,24H,12H2,(H,22,25)/b21-11-. The maximum atomic E-state index is 11.9. The highest BCUT2D eigenvalue weighted by Gasteiger charge is 2.09. The van der Waals surface area contributed by atoms with Crippen LogP contribution in [0.1, 0.15) is 5.56 Å². The van der Waals surface area contributed by atoms with Crippen LogP contribution in [0.3, 0.4) is 0 Å². The first-order valence-electron chi connectivity index (χ1n) is 8.05. The molecular weight excluding hydrogens is 348 g/mol. The van der Waals surface area contributed by atoms with E-state index in [1.54, 1.807) is 0 Å². The lowest BCUT2D eigenvalue weighted by Gasteiger charge is -2.06. The van der Waals surface area contributed by atoms with Crippen molar-refractivity contribution in [2.75, 3.05) is 11.9 Å². The first-order chi connectivity index (χ1) is 13.0. The summed E-state index contributed by atoms with van der Waals surface area (Å²) in [5, 5.41) is 29.3. The van der Waals surface area contributed by atoms with Crippen molar-refractivity contribution in [1.82, 2.24) is 5.43 Å². The zero-order valence-corrected chi connectivity index (χ0v) is 14.1. The number of rotatable bonds is 6. The van der Waals surface area contributed by atoms with Crippen molar-refractivity contribution in [3.05, 3.63) is 76.3 Å². The van der Waals surface area contributed by atoms with Crippen LogP contribution in [0.15, 0.2) is 65.8 Å². The van der Waals surface area contributed by atoms with Crippen molar-refractivity contribution >= 4 is 34.3 Å². The van der Waals surface area contributed by atoms with E-state index in [2.05, 4.69) is 15.8 Å². The molecule has 136 valence electrons. The maximum absolute atomic E-state index is 11.9. The Hall–Kier alpha value is -3.94. The summed E-state index contributed by atoms with van der Waals surface area (Å²) < 4.78 is 0. The van der Waals surface area contributed by atoms with E-state index in [-0.39, 0.29) is 23.5 Å². The number of amides is 1. The third-order valence-electron chi connectivity index (χ3n) is 3.82. The zero-order chi connectivity index (χ0) is 19.2. The van der Waals surface area contributed by atoms with E-state index in [0.29, 0.717) is 0 Å². The first-order valence-corrected chi connectivity index (χ1v) is 8.05. The number of fused-ring (bicyclic) bond motifs is 1. The number of anilines is 1.